The fourth-order valence-corrected chi connectivity index (χ4v) is 2.94. The lowest BCUT2D eigenvalue weighted by Crippen LogP contribution is -2.31. The van der Waals surface area contributed by atoms with Crippen molar-refractivity contribution in [3.8, 4) is 0 Å². The summed E-state index contributed by atoms with van der Waals surface area (Å²) in [5, 5.41) is 4.13. The van der Waals surface area contributed by atoms with E-state index < -0.39 is 0 Å². The SMILES string of the molecule is C[C@H](Cc1cnccn1)N(C)Cc1noc(C2CCCC2)n1. The number of hydrogen-bond donors (Lipinski definition) is 0. The van der Waals surface area contributed by atoms with Gasteiger partial charge in [0.05, 0.1) is 12.2 Å². The molecule has 0 aliphatic heterocycles. The first-order valence-corrected chi connectivity index (χ1v) is 8.00. The monoisotopic (exact) mass is 301 g/mol. The topological polar surface area (TPSA) is 67.9 Å². The van der Waals surface area contributed by atoms with Crippen LogP contribution in [0.1, 0.15) is 55.9 Å². The molecule has 118 valence electrons. The molecular formula is C16H23N5O. The summed E-state index contributed by atoms with van der Waals surface area (Å²) < 4.78 is 5.44. The molecule has 1 aliphatic rings. The second-order valence-corrected chi connectivity index (χ2v) is 6.20. The molecule has 6 heteroatoms. The van der Waals surface area contributed by atoms with Crippen molar-refractivity contribution in [2.24, 2.45) is 0 Å². The van der Waals surface area contributed by atoms with E-state index in [-0.39, 0.29) is 0 Å². The maximum absolute atomic E-state index is 5.44. The molecule has 2 heterocycles. The van der Waals surface area contributed by atoms with Crippen LogP contribution in [0, 0.1) is 0 Å². The van der Waals surface area contributed by atoms with Crippen molar-refractivity contribution >= 4 is 0 Å². The van der Waals surface area contributed by atoms with Crippen LogP contribution in [-0.2, 0) is 13.0 Å². The minimum Gasteiger partial charge on any atom is -0.339 e. The van der Waals surface area contributed by atoms with Crippen molar-refractivity contribution in [2.75, 3.05) is 7.05 Å². The largest absolute Gasteiger partial charge is 0.339 e. The standard InChI is InChI=1S/C16H23N5O/c1-12(9-14-10-17-7-8-18-14)21(2)11-15-19-16(22-20-15)13-5-3-4-6-13/h7-8,10,12-13H,3-6,9,11H2,1-2H3/t12-/m1/s1. The first kappa shape index (κ1) is 15.1. The molecule has 0 unspecified atom stereocenters. The number of likely N-dealkylation sites (N-methyl/N-ethyl adjacent to an activating group) is 1. The quantitative estimate of drug-likeness (QED) is 0.817. The summed E-state index contributed by atoms with van der Waals surface area (Å²) in [5.41, 5.74) is 1.00. The van der Waals surface area contributed by atoms with Crippen molar-refractivity contribution in [1.29, 1.82) is 0 Å². The van der Waals surface area contributed by atoms with E-state index in [9.17, 15) is 0 Å². The van der Waals surface area contributed by atoms with E-state index in [2.05, 4.69) is 39.0 Å². The normalized spacial score (nSPS) is 17.2. The third-order valence-electron chi connectivity index (χ3n) is 4.45. The molecule has 0 N–H and O–H groups in total. The maximum Gasteiger partial charge on any atom is 0.229 e. The van der Waals surface area contributed by atoms with Crippen molar-refractivity contribution in [3.63, 3.8) is 0 Å². The molecule has 0 bridgehead atoms. The van der Waals surface area contributed by atoms with Gasteiger partial charge in [0.2, 0.25) is 5.89 Å². The zero-order valence-electron chi connectivity index (χ0n) is 13.3. The Kier molecular flexibility index (Phi) is 4.77. The summed E-state index contributed by atoms with van der Waals surface area (Å²) in [5.74, 6) is 2.07. The Hall–Kier alpha value is -1.82. The first-order valence-electron chi connectivity index (χ1n) is 8.00. The lowest BCUT2D eigenvalue weighted by Gasteiger charge is -2.22. The number of rotatable bonds is 6. The van der Waals surface area contributed by atoms with Gasteiger partial charge in [-0.15, -0.1) is 0 Å². The molecule has 2 aromatic rings. The van der Waals surface area contributed by atoms with Gasteiger partial charge in [-0.3, -0.25) is 14.9 Å². The first-order chi connectivity index (χ1) is 10.7. The van der Waals surface area contributed by atoms with Gasteiger partial charge in [0, 0.05) is 37.0 Å². The van der Waals surface area contributed by atoms with Crippen LogP contribution in [0.4, 0.5) is 0 Å². The highest BCUT2D eigenvalue weighted by Gasteiger charge is 2.23. The Morgan fingerprint density at radius 3 is 2.86 bits per heavy atom. The number of aromatic nitrogens is 4. The van der Waals surface area contributed by atoms with Crippen LogP contribution in [0.15, 0.2) is 23.1 Å². The van der Waals surface area contributed by atoms with Gasteiger partial charge in [-0.25, -0.2) is 0 Å². The number of nitrogens with zero attached hydrogens (tertiary/aromatic N) is 5. The zero-order valence-corrected chi connectivity index (χ0v) is 13.3. The Labute approximate surface area is 131 Å². The Morgan fingerprint density at radius 1 is 1.32 bits per heavy atom. The van der Waals surface area contributed by atoms with Gasteiger partial charge < -0.3 is 4.52 Å². The highest BCUT2D eigenvalue weighted by atomic mass is 16.5. The fourth-order valence-electron chi connectivity index (χ4n) is 2.94. The van der Waals surface area contributed by atoms with E-state index in [0.717, 1.165) is 23.8 Å². The summed E-state index contributed by atoms with van der Waals surface area (Å²) in [6.07, 6.45) is 11.0. The zero-order chi connectivity index (χ0) is 15.4. The van der Waals surface area contributed by atoms with E-state index in [1.54, 1.807) is 12.4 Å². The summed E-state index contributed by atoms with van der Waals surface area (Å²) in [4.78, 5) is 15.2. The van der Waals surface area contributed by atoms with Crippen LogP contribution in [0.2, 0.25) is 0 Å². The van der Waals surface area contributed by atoms with Gasteiger partial charge in [-0.1, -0.05) is 18.0 Å². The third-order valence-corrected chi connectivity index (χ3v) is 4.45. The summed E-state index contributed by atoms with van der Waals surface area (Å²) in [7, 11) is 2.08. The molecule has 2 aromatic heterocycles. The minimum absolute atomic E-state index is 0.338. The van der Waals surface area contributed by atoms with E-state index in [1.807, 2.05) is 6.20 Å². The van der Waals surface area contributed by atoms with Crippen LogP contribution in [0.5, 0.6) is 0 Å². The van der Waals surface area contributed by atoms with E-state index in [1.165, 1.54) is 25.7 Å². The lowest BCUT2D eigenvalue weighted by molar-refractivity contribution is 0.236. The lowest BCUT2D eigenvalue weighted by atomic mass is 10.1. The molecule has 1 aliphatic carbocycles. The van der Waals surface area contributed by atoms with Gasteiger partial charge in [0.1, 0.15) is 0 Å². The molecule has 1 atom stereocenters. The molecule has 0 saturated heterocycles. The van der Waals surface area contributed by atoms with Gasteiger partial charge in [0.15, 0.2) is 5.82 Å². The minimum atomic E-state index is 0.338. The van der Waals surface area contributed by atoms with E-state index in [4.69, 9.17) is 4.52 Å². The van der Waals surface area contributed by atoms with Crippen molar-refractivity contribution < 1.29 is 4.52 Å². The molecule has 0 aromatic carbocycles. The van der Waals surface area contributed by atoms with E-state index >= 15 is 0 Å². The molecule has 3 rings (SSSR count). The van der Waals surface area contributed by atoms with Gasteiger partial charge in [0.25, 0.3) is 0 Å². The predicted octanol–water partition coefficient (Wildman–Crippen LogP) is 2.58. The highest BCUT2D eigenvalue weighted by Crippen LogP contribution is 2.32. The second-order valence-electron chi connectivity index (χ2n) is 6.20. The molecule has 1 fully saturated rings. The van der Waals surface area contributed by atoms with Gasteiger partial charge in [-0.05, 0) is 26.8 Å². The summed E-state index contributed by atoms with van der Waals surface area (Å²) in [6, 6.07) is 0.338. The van der Waals surface area contributed by atoms with Gasteiger partial charge in [-0.2, -0.15) is 4.98 Å². The molecular weight excluding hydrogens is 278 g/mol. The van der Waals surface area contributed by atoms with Crippen LogP contribution in [-0.4, -0.2) is 38.1 Å². The molecule has 6 nitrogen and oxygen atoms in total. The molecule has 0 spiro atoms. The average Bonchev–Trinajstić information content (AvgIpc) is 3.19. The van der Waals surface area contributed by atoms with Gasteiger partial charge >= 0.3 is 0 Å². The molecule has 0 radical (unpaired) electrons. The summed E-state index contributed by atoms with van der Waals surface area (Å²) in [6.45, 7) is 2.87. The predicted molar refractivity (Wildman–Crippen MR) is 82.2 cm³/mol. The Balaban J connectivity index is 1.55. The average molecular weight is 301 g/mol. The van der Waals surface area contributed by atoms with Crippen molar-refractivity contribution in [1.82, 2.24) is 25.0 Å². The maximum atomic E-state index is 5.44. The Morgan fingerprint density at radius 2 is 2.14 bits per heavy atom. The van der Waals surface area contributed by atoms with Crippen LogP contribution >= 0.6 is 0 Å². The fraction of sp³-hybridized carbons (Fsp3) is 0.625. The molecule has 22 heavy (non-hydrogen) atoms. The Bertz CT molecular complexity index is 579. The molecule has 0 amide bonds. The van der Waals surface area contributed by atoms with Crippen LogP contribution in [0.3, 0.4) is 0 Å². The van der Waals surface area contributed by atoms with Crippen molar-refractivity contribution in [2.45, 2.75) is 57.5 Å². The third kappa shape index (κ3) is 3.68. The molecule has 1 saturated carbocycles. The number of hydrogen-bond acceptors (Lipinski definition) is 6. The second kappa shape index (κ2) is 6.96. The highest BCUT2D eigenvalue weighted by molar-refractivity contribution is 4.99. The summed E-state index contributed by atoms with van der Waals surface area (Å²) >= 11 is 0. The van der Waals surface area contributed by atoms with Crippen LogP contribution < -0.4 is 0 Å². The van der Waals surface area contributed by atoms with E-state index in [0.29, 0.717) is 18.5 Å². The van der Waals surface area contributed by atoms with Crippen molar-refractivity contribution in [3.05, 3.63) is 36.0 Å². The van der Waals surface area contributed by atoms with Crippen LogP contribution in [0.25, 0.3) is 0 Å². The smallest absolute Gasteiger partial charge is 0.229 e.